The molecule has 1 aromatic rings. The fourth-order valence-corrected chi connectivity index (χ4v) is 1.58. The second kappa shape index (κ2) is 5.39. The molecule has 0 saturated carbocycles. The van der Waals surface area contributed by atoms with E-state index in [4.69, 9.17) is 5.84 Å². The fourth-order valence-electron chi connectivity index (χ4n) is 1.58. The highest BCUT2D eigenvalue weighted by molar-refractivity contribution is 5.12. The van der Waals surface area contributed by atoms with Gasteiger partial charge in [-0.3, -0.25) is 16.3 Å². The minimum absolute atomic E-state index is 0.00933. The molecule has 0 bridgehead atoms. The van der Waals surface area contributed by atoms with Crippen molar-refractivity contribution >= 4 is 0 Å². The Morgan fingerprint density at radius 3 is 2.62 bits per heavy atom. The Balaban J connectivity index is 2.77. The molecule has 16 heavy (non-hydrogen) atoms. The number of aromatic nitrogens is 1. The van der Waals surface area contributed by atoms with Crippen molar-refractivity contribution in [1.82, 2.24) is 15.3 Å². The summed E-state index contributed by atoms with van der Waals surface area (Å²) < 4.78 is 0. The molecule has 1 unspecified atom stereocenters. The Morgan fingerprint density at radius 2 is 2.19 bits per heavy atom. The number of nitrogens with one attached hydrogen (secondary N) is 1. The van der Waals surface area contributed by atoms with E-state index < -0.39 is 0 Å². The van der Waals surface area contributed by atoms with E-state index in [9.17, 15) is 0 Å². The molecule has 1 aromatic heterocycles. The van der Waals surface area contributed by atoms with Crippen LogP contribution < -0.4 is 11.3 Å². The zero-order chi connectivity index (χ0) is 12.2. The van der Waals surface area contributed by atoms with Crippen LogP contribution in [0.25, 0.3) is 0 Å². The number of likely N-dealkylation sites (N-methyl/N-ethyl adjacent to an activating group) is 1. The summed E-state index contributed by atoms with van der Waals surface area (Å²) in [4.78, 5) is 6.29. The standard InChI is InChI=1S/C12H22N4/c1-12(2,16(3)4)11(15-13)8-10-6-5-7-14-9-10/h5-7,9,11,15H,8,13H2,1-4H3. The maximum atomic E-state index is 5.65. The monoisotopic (exact) mass is 222 g/mol. The van der Waals surface area contributed by atoms with Crippen molar-refractivity contribution in [1.29, 1.82) is 0 Å². The lowest BCUT2D eigenvalue weighted by Crippen LogP contribution is -2.58. The highest BCUT2D eigenvalue weighted by Gasteiger charge is 2.30. The normalized spacial score (nSPS) is 14.1. The Morgan fingerprint density at radius 1 is 1.50 bits per heavy atom. The predicted molar refractivity (Wildman–Crippen MR) is 66.8 cm³/mol. The second-order valence-electron chi connectivity index (χ2n) is 4.83. The van der Waals surface area contributed by atoms with Crippen LogP contribution in [-0.4, -0.2) is 35.6 Å². The summed E-state index contributed by atoms with van der Waals surface area (Å²) in [6.07, 6.45) is 4.54. The molecule has 0 fully saturated rings. The molecule has 3 N–H and O–H groups in total. The van der Waals surface area contributed by atoms with E-state index in [-0.39, 0.29) is 11.6 Å². The largest absolute Gasteiger partial charge is 0.303 e. The van der Waals surface area contributed by atoms with Crippen molar-refractivity contribution in [3.05, 3.63) is 30.1 Å². The van der Waals surface area contributed by atoms with Crippen LogP contribution in [0.5, 0.6) is 0 Å². The summed E-state index contributed by atoms with van der Waals surface area (Å²) in [7, 11) is 4.13. The van der Waals surface area contributed by atoms with E-state index in [1.807, 2.05) is 12.3 Å². The molecule has 1 rings (SSSR count). The molecule has 0 saturated heterocycles. The second-order valence-corrected chi connectivity index (χ2v) is 4.83. The zero-order valence-corrected chi connectivity index (χ0v) is 10.6. The molecule has 0 radical (unpaired) electrons. The van der Waals surface area contributed by atoms with Gasteiger partial charge < -0.3 is 4.90 Å². The molecule has 1 heterocycles. The Labute approximate surface area is 97.8 Å². The van der Waals surface area contributed by atoms with Crippen molar-refractivity contribution in [2.75, 3.05) is 14.1 Å². The SMILES string of the molecule is CN(C)C(C)(C)C(Cc1cccnc1)NN. The van der Waals surface area contributed by atoms with E-state index in [0.717, 1.165) is 6.42 Å². The quantitative estimate of drug-likeness (QED) is 0.571. The van der Waals surface area contributed by atoms with Crippen LogP contribution in [0.1, 0.15) is 19.4 Å². The van der Waals surface area contributed by atoms with Gasteiger partial charge in [-0.2, -0.15) is 0 Å². The summed E-state index contributed by atoms with van der Waals surface area (Å²) in [6, 6.07) is 4.21. The van der Waals surface area contributed by atoms with Gasteiger partial charge in [-0.05, 0) is 46.0 Å². The zero-order valence-electron chi connectivity index (χ0n) is 10.6. The number of hydrogen-bond donors (Lipinski definition) is 2. The van der Waals surface area contributed by atoms with Gasteiger partial charge in [0.1, 0.15) is 0 Å². The third-order valence-electron chi connectivity index (χ3n) is 3.37. The molecule has 0 spiro atoms. The van der Waals surface area contributed by atoms with Gasteiger partial charge in [-0.15, -0.1) is 0 Å². The van der Waals surface area contributed by atoms with Crippen LogP contribution in [0, 0.1) is 0 Å². The number of pyridine rings is 1. The van der Waals surface area contributed by atoms with E-state index in [0.29, 0.717) is 0 Å². The van der Waals surface area contributed by atoms with Gasteiger partial charge in [-0.1, -0.05) is 6.07 Å². The highest BCUT2D eigenvalue weighted by Crippen LogP contribution is 2.18. The van der Waals surface area contributed by atoms with Crippen molar-refractivity contribution in [2.24, 2.45) is 5.84 Å². The van der Waals surface area contributed by atoms with Gasteiger partial charge in [0.05, 0.1) is 0 Å². The first kappa shape index (κ1) is 13.1. The molecule has 4 heteroatoms. The predicted octanol–water partition coefficient (Wildman–Crippen LogP) is 0.796. The fraction of sp³-hybridized carbons (Fsp3) is 0.583. The molecule has 0 aliphatic carbocycles. The lowest BCUT2D eigenvalue weighted by molar-refractivity contribution is 0.137. The lowest BCUT2D eigenvalue weighted by atomic mass is 9.89. The van der Waals surface area contributed by atoms with E-state index in [1.165, 1.54) is 5.56 Å². The summed E-state index contributed by atoms with van der Waals surface area (Å²) in [5, 5.41) is 0. The molecule has 90 valence electrons. The summed E-state index contributed by atoms with van der Waals surface area (Å²) >= 11 is 0. The van der Waals surface area contributed by atoms with Crippen molar-refractivity contribution in [3.8, 4) is 0 Å². The van der Waals surface area contributed by atoms with Crippen molar-refractivity contribution in [3.63, 3.8) is 0 Å². The topological polar surface area (TPSA) is 54.2 Å². The van der Waals surface area contributed by atoms with Gasteiger partial charge in [0.25, 0.3) is 0 Å². The van der Waals surface area contributed by atoms with E-state index in [1.54, 1.807) is 6.20 Å². The molecule has 4 nitrogen and oxygen atoms in total. The molecule has 1 atom stereocenters. The number of nitrogens with zero attached hydrogens (tertiary/aromatic N) is 2. The van der Waals surface area contributed by atoms with Crippen LogP contribution in [0.2, 0.25) is 0 Å². The third-order valence-corrected chi connectivity index (χ3v) is 3.37. The van der Waals surface area contributed by atoms with Crippen molar-refractivity contribution < 1.29 is 0 Å². The summed E-state index contributed by atoms with van der Waals surface area (Å²) in [5.74, 6) is 5.65. The van der Waals surface area contributed by atoms with Crippen LogP contribution >= 0.6 is 0 Å². The minimum atomic E-state index is -0.00933. The van der Waals surface area contributed by atoms with Gasteiger partial charge in [0.2, 0.25) is 0 Å². The number of rotatable bonds is 5. The first-order chi connectivity index (χ1) is 7.48. The van der Waals surface area contributed by atoms with Gasteiger partial charge in [0.15, 0.2) is 0 Å². The molecule has 0 aliphatic rings. The van der Waals surface area contributed by atoms with Crippen LogP contribution in [0.4, 0.5) is 0 Å². The van der Waals surface area contributed by atoms with Gasteiger partial charge in [-0.25, -0.2) is 0 Å². The Kier molecular flexibility index (Phi) is 4.41. The smallest absolute Gasteiger partial charge is 0.0430 e. The van der Waals surface area contributed by atoms with Gasteiger partial charge >= 0.3 is 0 Å². The molecular formula is C12H22N4. The Hall–Kier alpha value is -0.970. The van der Waals surface area contributed by atoms with E-state index >= 15 is 0 Å². The average molecular weight is 222 g/mol. The number of nitrogens with two attached hydrogens (primary N) is 1. The third kappa shape index (κ3) is 3.01. The molecule has 0 amide bonds. The van der Waals surface area contributed by atoms with E-state index in [2.05, 4.69) is 49.3 Å². The van der Waals surface area contributed by atoms with Crippen LogP contribution in [0.15, 0.2) is 24.5 Å². The average Bonchev–Trinajstić information content (AvgIpc) is 2.26. The maximum Gasteiger partial charge on any atom is 0.0430 e. The highest BCUT2D eigenvalue weighted by atomic mass is 15.3. The lowest BCUT2D eigenvalue weighted by Gasteiger charge is -2.39. The first-order valence-corrected chi connectivity index (χ1v) is 5.51. The summed E-state index contributed by atoms with van der Waals surface area (Å²) in [6.45, 7) is 4.35. The summed E-state index contributed by atoms with van der Waals surface area (Å²) in [5.41, 5.74) is 4.09. The number of hydrogen-bond acceptors (Lipinski definition) is 4. The Bertz CT molecular complexity index is 308. The first-order valence-electron chi connectivity index (χ1n) is 5.51. The molecule has 0 aliphatic heterocycles. The van der Waals surface area contributed by atoms with Gasteiger partial charge in [0, 0.05) is 24.0 Å². The minimum Gasteiger partial charge on any atom is -0.303 e. The van der Waals surface area contributed by atoms with Crippen molar-refractivity contribution in [2.45, 2.75) is 31.8 Å². The van der Waals surface area contributed by atoms with Crippen LogP contribution in [0.3, 0.4) is 0 Å². The maximum absolute atomic E-state index is 5.65. The van der Waals surface area contributed by atoms with Crippen LogP contribution in [-0.2, 0) is 6.42 Å². The number of hydrazine groups is 1. The molecule has 0 aromatic carbocycles. The molecular weight excluding hydrogens is 200 g/mol.